The lowest BCUT2D eigenvalue weighted by Gasteiger charge is -2.18. The predicted molar refractivity (Wildman–Crippen MR) is 49.4 cm³/mol. The highest BCUT2D eigenvalue weighted by molar-refractivity contribution is 5.25. The van der Waals surface area contributed by atoms with E-state index in [1.165, 1.54) is 19.4 Å². The van der Waals surface area contributed by atoms with Crippen LogP contribution in [0, 0.1) is 5.82 Å². The van der Waals surface area contributed by atoms with Gasteiger partial charge in [-0.3, -0.25) is 4.98 Å². The monoisotopic (exact) mass is 183 g/mol. The fourth-order valence-electron chi connectivity index (χ4n) is 1.08. The summed E-state index contributed by atoms with van der Waals surface area (Å²) < 4.78 is 18.3. The minimum absolute atomic E-state index is 0.268. The average Bonchev–Trinajstić information content (AvgIpc) is 2.01. The zero-order valence-corrected chi connectivity index (χ0v) is 8.39. The van der Waals surface area contributed by atoms with E-state index >= 15 is 0 Å². The summed E-state index contributed by atoms with van der Waals surface area (Å²) in [6.45, 7) is 5.76. The first-order valence-electron chi connectivity index (χ1n) is 4.15. The van der Waals surface area contributed by atoms with E-state index in [0.717, 1.165) is 0 Å². The van der Waals surface area contributed by atoms with Crippen molar-refractivity contribution in [2.45, 2.75) is 26.2 Å². The van der Waals surface area contributed by atoms with Gasteiger partial charge in [-0.2, -0.15) is 0 Å². The molecule has 1 aromatic heterocycles. The summed E-state index contributed by atoms with van der Waals surface area (Å²) in [5, 5.41) is 0. The molecule has 0 aromatic carbocycles. The second-order valence-corrected chi connectivity index (χ2v) is 3.96. The third-order valence-electron chi connectivity index (χ3n) is 1.76. The van der Waals surface area contributed by atoms with E-state index in [1.807, 2.05) is 20.8 Å². The molecule has 0 N–H and O–H groups in total. The summed E-state index contributed by atoms with van der Waals surface area (Å²) in [5.74, 6) is 0.136. The number of nitrogens with zero attached hydrogens (tertiary/aromatic N) is 1. The van der Waals surface area contributed by atoms with E-state index in [1.54, 1.807) is 0 Å². The molecule has 0 amide bonds. The molecule has 0 saturated heterocycles. The highest BCUT2D eigenvalue weighted by Crippen LogP contribution is 2.24. The molecule has 72 valence electrons. The van der Waals surface area contributed by atoms with E-state index < -0.39 is 0 Å². The number of ether oxygens (including phenoxy) is 1. The quantitative estimate of drug-likeness (QED) is 0.667. The third-order valence-corrected chi connectivity index (χ3v) is 1.76. The van der Waals surface area contributed by atoms with Gasteiger partial charge in [-0.1, -0.05) is 20.8 Å². The van der Waals surface area contributed by atoms with Crippen molar-refractivity contribution < 1.29 is 9.13 Å². The van der Waals surface area contributed by atoms with Gasteiger partial charge in [0.25, 0.3) is 0 Å². The van der Waals surface area contributed by atoms with Gasteiger partial charge in [0.05, 0.1) is 19.0 Å². The Labute approximate surface area is 77.8 Å². The normalized spacial score (nSPS) is 11.5. The number of halogens is 1. The van der Waals surface area contributed by atoms with E-state index in [2.05, 4.69) is 4.98 Å². The Kier molecular flexibility index (Phi) is 2.55. The molecule has 0 aliphatic carbocycles. The average molecular weight is 183 g/mol. The van der Waals surface area contributed by atoms with Gasteiger partial charge in [-0.15, -0.1) is 0 Å². The molecule has 0 radical (unpaired) electrons. The van der Waals surface area contributed by atoms with Crippen molar-refractivity contribution in [1.82, 2.24) is 4.98 Å². The van der Waals surface area contributed by atoms with Crippen LogP contribution in [0.4, 0.5) is 4.39 Å². The van der Waals surface area contributed by atoms with Crippen LogP contribution in [-0.2, 0) is 5.41 Å². The van der Waals surface area contributed by atoms with Gasteiger partial charge in [0.1, 0.15) is 11.6 Å². The summed E-state index contributed by atoms with van der Waals surface area (Å²) in [7, 11) is 1.49. The molecule has 0 bridgehead atoms. The smallest absolute Gasteiger partial charge is 0.148 e. The highest BCUT2D eigenvalue weighted by Gasteiger charge is 2.20. The number of pyridine rings is 1. The molecule has 13 heavy (non-hydrogen) atoms. The number of hydrogen-bond donors (Lipinski definition) is 0. The van der Waals surface area contributed by atoms with E-state index in [9.17, 15) is 4.39 Å². The van der Waals surface area contributed by atoms with Crippen molar-refractivity contribution in [3.63, 3.8) is 0 Å². The molecule has 1 rings (SSSR count). The molecule has 3 heteroatoms. The van der Waals surface area contributed by atoms with Crippen molar-refractivity contribution >= 4 is 0 Å². The molecular weight excluding hydrogens is 169 g/mol. The Morgan fingerprint density at radius 1 is 1.38 bits per heavy atom. The number of methoxy groups -OCH3 is 1. The molecule has 1 heterocycles. The molecule has 0 aliphatic heterocycles. The maximum Gasteiger partial charge on any atom is 0.148 e. The first kappa shape index (κ1) is 9.96. The molecule has 2 nitrogen and oxygen atoms in total. The molecule has 1 aromatic rings. The third kappa shape index (κ3) is 2.17. The van der Waals surface area contributed by atoms with Gasteiger partial charge in [-0.25, -0.2) is 4.39 Å². The van der Waals surface area contributed by atoms with Gasteiger partial charge in [0.2, 0.25) is 0 Å². The van der Waals surface area contributed by atoms with Crippen LogP contribution in [0.1, 0.15) is 26.5 Å². The summed E-state index contributed by atoms with van der Waals surface area (Å²) in [6, 6.07) is 1.35. The molecule has 0 unspecified atom stereocenters. The molecule has 0 saturated carbocycles. The van der Waals surface area contributed by atoms with Gasteiger partial charge in [-0.05, 0) is 0 Å². The standard InChI is InChI=1S/C10H14FNO/c1-10(2,3)9-8(11)5-7(13-4)6-12-9/h5-6H,1-4H3. The van der Waals surface area contributed by atoms with Crippen molar-refractivity contribution in [3.8, 4) is 5.75 Å². The molecule has 0 atom stereocenters. The van der Waals surface area contributed by atoms with Crippen LogP contribution in [-0.4, -0.2) is 12.1 Å². The Morgan fingerprint density at radius 2 is 2.00 bits per heavy atom. The van der Waals surface area contributed by atoms with Crippen LogP contribution < -0.4 is 4.74 Å². The number of rotatable bonds is 1. The SMILES string of the molecule is COc1cnc(C(C)(C)C)c(F)c1. The van der Waals surface area contributed by atoms with Gasteiger partial charge >= 0.3 is 0 Å². The van der Waals surface area contributed by atoms with Crippen LogP contribution in [0.2, 0.25) is 0 Å². The summed E-state index contributed by atoms with van der Waals surface area (Å²) in [6.07, 6.45) is 1.53. The van der Waals surface area contributed by atoms with E-state index in [-0.39, 0.29) is 11.2 Å². The minimum Gasteiger partial charge on any atom is -0.495 e. The molecular formula is C10H14FNO. The van der Waals surface area contributed by atoms with E-state index in [4.69, 9.17) is 4.74 Å². The predicted octanol–water partition coefficient (Wildman–Crippen LogP) is 2.53. The second-order valence-electron chi connectivity index (χ2n) is 3.96. The highest BCUT2D eigenvalue weighted by atomic mass is 19.1. The lowest BCUT2D eigenvalue weighted by atomic mass is 9.91. The van der Waals surface area contributed by atoms with Crippen LogP contribution in [0.3, 0.4) is 0 Å². The first-order valence-corrected chi connectivity index (χ1v) is 4.15. The van der Waals surface area contributed by atoms with Gasteiger partial charge in [0.15, 0.2) is 0 Å². The second kappa shape index (κ2) is 3.32. The van der Waals surface area contributed by atoms with E-state index in [0.29, 0.717) is 11.4 Å². The van der Waals surface area contributed by atoms with Crippen LogP contribution in [0.25, 0.3) is 0 Å². The first-order chi connectivity index (χ1) is 5.95. The number of aromatic nitrogens is 1. The maximum atomic E-state index is 13.4. The Morgan fingerprint density at radius 3 is 2.38 bits per heavy atom. The summed E-state index contributed by atoms with van der Waals surface area (Å²) in [4.78, 5) is 4.02. The number of hydrogen-bond acceptors (Lipinski definition) is 2. The summed E-state index contributed by atoms with van der Waals surface area (Å²) in [5.41, 5.74) is 0.199. The fourth-order valence-corrected chi connectivity index (χ4v) is 1.08. The van der Waals surface area contributed by atoms with Crippen LogP contribution in [0.15, 0.2) is 12.3 Å². The molecule has 0 spiro atoms. The summed E-state index contributed by atoms with van der Waals surface area (Å²) >= 11 is 0. The molecule has 0 aliphatic rings. The van der Waals surface area contributed by atoms with Crippen molar-refractivity contribution in [2.24, 2.45) is 0 Å². The Balaban J connectivity index is 3.13. The van der Waals surface area contributed by atoms with Crippen LogP contribution >= 0.6 is 0 Å². The largest absolute Gasteiger partial charge is 0.495 e. The molecule has 0 fully saturated rings. The zero-order valence-electron chi connectivity index (χ0n) is 8.39. The van der Waals surface area contributed by atoms with Crippen molar-refractivity contribution in [2.75, 3.05) is 7.11 Å². The van der Waals surface area contributed by atoms with Crippen molar-refractivity contribution in [1.29, 1.82) is 0 Å². The van der Waals surface area contributed by atoms with Crippen molar-refractivity contribution in [3.05, 3.63) is 23.8 Å². The Hall–Kier alpha value is -1.12. The maximum absolute atomic E-state index is 13.4. The van der Waals surface area contributed by atoms with Crippen LogP contribution in [0.5, 0.6) is 5.75 Å². The topological polar surface area (TPSA) is 22.1 Å². The fraction of sp³-hybridized carbons (Fsp3) is 0.500. The zero-order chi connectivity index (χ0) is 10.1. The van der Waals surface area contributed by atoms with Gasteiger partial charge in [0, 0.05) is 11.5 Å². The van der Waals surface area contributed by atoms with Gasteiger partial charge < -0.3 is 4.74 Å². The Bertz CT molecular complexity index is 304. The lowest BCUT2D eigenvalue weighted by Crippen LogP contribution is -2.15. The minimum atomic E-state index is -0.313. The lowest BCUT2D eigenvalue weighted by molar-refractivity contribution is 0.404.